The highest BCUT2D eigenvalue weighted by Crippen LogP contribution is 2.27. The van der Waals surface area contributed by atoms with Crippen molar-refractivity contribution in [2.24, 2.45) is 4.99 Å². The first kappa shape index (κ1) is 20.9. The summed E-state index contributed by atoms with van der Waals surface area (Å²) in [6.07, 6.45) is 2.98. The van der Waals surface area contributed by atoms with Crippen molar-refractivity contribution < 1.29 is 0 Å². The van der Waals surface area contributed by atoms with Crippen LogP contribution < -0.4 is 15.1 Å². The van der Waals surface area contributed by atoms with Gasteiger partial charge in [-0.2, -0.15) is 0 Å². The molecule has 0 atom stereocenters. The van der Waals surface area contributed by atoms with Crippen LogP contribution in [-0.4, -0.2) is 62.7 Å². The Morgan fingerprint density at radius 1 is 1.11 bits per heavy atom. The number of fused-ring (bicyclic) bond motifs is 1. The minimum absolute atomic E-state index is 0. The Morgan fingerprint density at radius 3 is 2.68 bits per heavy atom. The number of anilines is 2. The molecule has 0 amide bonds. The van der Waals surface area contributed by atoms with E-state index in [9.17, 15) is 0 Å². The van der Waals surface area contributed by atoms with E-state index in [-0.39, 0.29) is 24.0 Å². The number of pyridine rings is 1. The molecule has 0 bridgehead atoms. The number of aromatic nitrogens is 1. The second kappa shape index (κ2) is 9.56. The largest absolute Gasteiger partial charge is 0.354 e. The molecule has 0 spiro atoms. The van der Waals surface area contributed by atoms with Gasteiger partial charge in [0.25, 0.3) is 0 Å². The van der Waals surface area contributed by atoms with Crippen molar-refractivity contribution in [2.75, 3.05) is 56.6 Å². The number of nitrogens with one attached hydrogen (secondary N) is 1. The summed E-state index contributed by atoms with van der Waals surface area (Å²) in [6.45, 7) is 5.96. The first-order valence-corrected chi connectivity index (χ1v) is 9.69. The van der Waals surface area contributed by atoms with E-state index in [1.807, 2.05) is 13.2 Å². The number of halogens is 1. The van der Waals surface area contributed by atoms with Crippen LogP contribution in [0.2, 0.25) is 0 Å². The summed E-state index contributed by atoms with van der Waals surface area (Å²) in [6, 6.07) is 12.9. The van der Waals surface area contributed by atoms with Gasteiger partial charge in [-0.3, -0.25) is 4.99 Å². The van der Waals surface area contributed by atoms with Gasteiger partial charge in [0.05, 0.1) is 0 Å². The first-order valence-electron chi connectivity index (χ1n) is 9.69. The first-order chi connectivity index (χ1) is 13.2. The van der Waals surface area contributed by atoms with E-state index in [0.717, 1.165) is 57.5 Å². The number of aliphatic imine (C=N–C) groups is 1. The number of nitrogens with zero attached hydrogens (tertiary/aromatic N) is 5. The van der Waals surface area contributed by atoms with Crippen molar-refractivity contribution in [3.05, 3.63) is 53.7 Å². The molecule has 1 saturated heterocycles. The van der Waals surface area contributed by atoms with Crippen LogP contribution in [0, 0.1) is 0 Å². The van der Waals surface area contributed by atoms with E-state index in [4.69, 9.17) is 0 Å². The predicted molar refractivity (Wildman–Crippen MR) is 127 cm³/mol. The van der Waals surface area contributed by atoms with Gasteiger partial charge in [0, 0.05) is 58.2 Å². The van der Waals surface area contributed by atoms with Gasteiger partial charge >= 0.3 is 0 Å². The number of piperazine rings is 1. The van der Waals surface area contributed by atoms with E-state index < -0.39 is 0 Å². The average Bonchev–Trinajstić information content (AvgIpc) is 3.14. The smallest absolute Gasteiger partial charge is 0.198 e. The molecule has 2 aliphatic rings. The monoisotopic (exact) mass is 492 g/mol. The fourth-order valence-corrected chi connectivity index (χ4v) is 3.81. The topological polar surface area (TPSA) is 47.0 Å². The Balaban J connectivity index is 0.00000225. The van der Waals surface area contributed by atoms with Gasteiger partial charge in [0.15, 0.2) is 5.96 Å². The van der Waals surface area contributed by atoms with Crippen molar-refractivity contribution in [1.29, 1.82) is 0 Å². The molecule has 0 aliphatic carbocycles. The molecule has 0 saturated carbocycles. The van der Waals surface area contributed by atoms with Crippen LogP contribution in [0.4, 0.5) is 11.5 Å². The highest BCUT2D eigenvalue weighted by atomic mass is 127. The fourth-order valence-electron chi connectivity index (χ4n) is 3.81. The minimum Gasteiger partial charge on any atom is -0.354 e. The highest BCUT2D eigenvalue weighted by molar-refractivity contribution is 14.0. The summed E-state index contributed by atoms with van der Waals surface area (Å²) in [5, 5.41) is 3.53. The lowest BCUT2D eigenvalue weighted by Gasteiger charge is -2.33. The molecule has 0 radical (unpaired) electrons. The van der Waals surface area contributed by atoms with Crippen LogP contribution in [0.1, 0.15) is 11.1 Å². The van der Waals surface area contributed by atoms with Crippen LogP contribution in [-0.2, 0) is 13.0 Å². The zero-order valence-corrected chi connectivity index (χ0v) is 19.0. The van der Waals surface area contributed by atoms with E-state index in [1.54, 1.807) is 0 Å². The maximum absolute atomic E-state index is 4.58. The normalized spacial score (nSPS) is 17.3. The molecule has 2 aromatic rings. The number of para-hydroxylation sites is 1. The Morgan fingerprint density at radius 2 is 1.89 bits per heavy atom. The predicted octanol–water partition coefficient (Wildman–Crippen LogP) is 2.59. The van der Waals surface area contributed by atoms with Crippen molar-refractivity contribution >= 4 is 41.4 Å². The lowest BCUT2D eigenvalue weighted by Crippen LogP contribution is -2.44. The maximum Gasteiger partial charge on any atom is 0.198 e. The summed E-state index contributed by atoms with van der Waals surface area (Å²) >= 11 is 0. The van der Waals surface area contributed by atoms with Crippen LogP contribution >= 0.6 is 24.0 Å². The van der Waals surface area contributed by atoms with Gasteiger partial charge in [-0.1, -0.05) is 18.2 Å². The van der Waals surface area contributed by atoms with Crippen LogP contribution in [0.5, 0.6) is 0 Å². The summed E-state index contributed by atoms with van der Waals surface area (Å²) in [5.41, 5.74) is 3.88. The van der Waals surface area contributed by atoms with Crippen LogP contribution in [0.15, 0.2) is 47.6 Å². The van der Waals surface area contributed by atoms with Gasteiger partial charge < -0.3 is 20.0 Å². The third kappa shape index (κ3) is 4.57. The van der Waals surface area contributed by atoms with Crippen molar-refractivity contribution in [1.82, 2.24) is 15.2 Å². The minimum atomic E-state index is 0. The van der Waals surface area contributed by atoms with Gasteiger partial charge in [-0.25, -0.2) is 4.98 Å². The SMILES string of the molecule is CN=C(NCc1ccnc(N2CCN(C)CC2)c1)N1CCc2ccccc21.I. The molecule has 0 unspecified atom stereocenters. The second-order valence-electron chi connectivity index (χ2n) is 7.24. The van der Waals surface area contributed by atoms with E-state index >= 15 is 0 Å². The standard InChI is InChI=1S/C21H28N6.HI/c1-22-21(27-10-8-18-5-3-4-6-19(18)27)24-16-17-7-9-23-20(15-17)26-13-11-25(2)12-14-26;/h3-7,9,15H,8,10-14,16H2,1-2H3,(H,22,24);1H. The molecule has 1 aromatic carbocycles. The number of hydrogen-bond donors (Lipinski definition) is 1. The number of benzene rings is 1. The third-order valence-electron chi connectivity index (χ3n) is 5.44. The lowest BCUT2D eigenvalue weighted by atomic mass is 10.2. The molecule has 3 heterocycles. The van der Waals surface area contributed by atoms with Gasteiger partial charge in [0.2, 0.25) is 0 Å². The van der Waals surface area contributed by atoms with Crippen molar-refractivity contribution in [2.45, 2.75) is 13.0 Å². The zero-order valence-electron chi connectivity index (χ0n) is 16.6. The quantitative estimate of drug-likeness (QED) is 0.406. The zero-order chi connectivity index (χ0) is 18.6. The molecule has 7 heteroatoms. The Kier molecular flexibility index (Phi) is 7.12. The molecule has 6 nitrogen and oxygen atoms in total. The molecule has 4 rings (SSSR count). The summed E-state index contributed by atoms with van der Waals surface area (Å²) < 4.78 is 0. The number of guanidine groups is 1. The molecular formula is C21H29IN6. The Bertz CT molecular complexity index is 816. The molecule has 1 aromatic heterocycles. The number of hydrogen-bond acceptors (Lipinski definition) is 4. The third-order valence-corrected chi connectivity index (χ3v) is 5.44. The highest BCUT2D eigenvalue weighted by Gasteiger charge is 2.22. The van der Waals surface area contributed by atoms with E-state index in [0.29, 0.717) is 0 Å². The van der Waals surface area contributed by atoms with Crippen LogP contribution in [0.3, 0.4) is 0 Å². The van der Waals surface area contributed by atoms with Gasteiger partial charge in [-0.05, 0) is 42.8 Å². The molecular weight excluding hydrogens is 463 g/mol. The molecule has 28 heavy (non-hydrogen) atoms. The average molecular weight is 492 g/mol. The summed E-state index contributed by atoms with van der Waals surface area (Å²) in [7, 11) is 4.03. The van der Waals surface area contributed by atoms with E-state index in [2.05, 4.69) is 73.4 Å². The number of likely N-dealkylation sites (N-methyl/N-ethyl adjacent to an activating group) is 1. The second-order valence-corrected chi connectivity index (χ2v) is 7.24. The molecule has 1 fully saturated rings. The molecule has 1 N–H and O–H groups in total. The lowest BCUT2D eigenvalue weighted by molar-refractivity contribution is 0.312. The Labute approximate surface area is 184 Å². The van der Waals surface area contributed by atoms with Crippen molar-refractivity contribution in [3.63, 3.8) is 0 Å². The number of rotatable bonds is 3. The summed E-state index contributed by atoms with van der Waals surface area (Å²) in [5.74, 6) is 2.00. The van der Waals surface area contributed by atoms with Crippen LogP contribution in [0.25, 0.3) is 0 Å². The fraction of sp³-hybridized carbons (Fsp3) is 0.429. The van der Waals surface area contributed by atoms with Gasteiger partial charge in [0.1, 0.15) is 5.82 Å². The summed E-state index contributed by atoms with van der Waals surface area (Å²) in [4.78, 5) is 16.1. The Hall–Kier alpha value is -1.87. The van der Waals surface area contributed by atoms with E-state index in [1.165, 1.54) is 16.8 Å². The van der Waals surface area contributed by atoms with Gasteiger partial charge in [-0.15, -0.1) is 24.0 Å². The maximum atomic E-state index is 4.58. The molecule has 150 valence electrons. The van der Waals surface area contributed by atoms with Crippen molar-refractivity contribution in [3.8, 4) is 0 Å². The molecule has 2 aliphatic heterocycles.